The van der Waals surface area contributed by atoms with Crippen LogP contribution in [0.2, 0.25) is 0 Å². The third kappa shape index (κ3) is 6.27. The normalized spacial score (nSPS) is 27.0. The van der Waals surface area contributed by atoms with Crippen molar-refractivity contribution in [3.63, 3.8) is 0 Å². The lowest BCUT2D eigenvalue weighted by molar-refractivity contribution is -0.277. The first-order chi connectivity index (χ1) is 16.5. The number of benzene rings is 2. The highest BCUT2D eigenvalue weighted by Crippen LogP contribution is 2.25. The number of esters is 1. The molecule has 3 rings (SSSR count). The third-order valence-electron chi connectivity index (χ3n) is 5.85. The van der Waals surface area contributed by atoms with Gasteiger partial charge >= 0.3 is 5.97 Å². The van der Waals surface area contributed by atoms with Gasteiger partial charge in [0, 0.05) is 6.42 Å². The van der Waals surface area contributed by atoms with Gasteiger partial charge in [-0.1, -0.05) is 24.3 Å². The minimum Gasteiger partial charge on any atom is -0.508 e. The lowest BCUT2D eigenvalue weighted by Crippen LogP contribution is -2.60. The zero-order valence-corrected chi connectivity index (χ0v) is 19.0. The Labute approximate surface area is 201 Å². The number of carbonyl (C=O) groups excluding carboxylic acids is 1. The summed E-state index contributed by atoms with van der Waals surface area (Å²) in [5.74, 6) is -0.768. The van der Waals surface area contributed by atoms with E-state index in [-0.39, 0.29) is 24.5 Å². The first-order valence-corrected chi connectivity index (χ1v) is 11.0. The molecule has 35 heavy (non-hydrogen) atoms. The van der Waals surface area contributed by atoms with Crippen LogP contribution in [0.3, 0.4) is 0 Å². The zero-order chi connectivity index (χ0) is 25.8. The van der Waals surface area contributed by atoms with Gasteiger partial charge in [-0.05, 0) is 42.3 Å². The highest BCUT2D eigenvalue weighted by Gasteiger charge is 2.45. The molecule has 1 fully saturated rings. The Bertz CT molecular complexity index is 960. The lowest BCUT2D eigenvalue weighted by Gasteiger charge is -2.39. The quantitative estimate of drug-likeness (QED) is 0.211. The fourth-order valence-electron chi connectivity index (χ4n) is 3.55. The summed E-state index contributed by atoms with van der Waals surface area (Å²) in [6.07, 6.45) is -8.73. The molecule has 0 spiro atoms. The molecule has 192 valence electrons. The molecule has 0 saturated carbocycles. The van der Waals surface area contributed by atoms with Gasteiger partial charge in [-0.2, -0.15) is 0 Å². The van der Waals surface area contributed by atoms with Gasteiger partial charge in [0.2, 0.25) is 6.29 Å². The number of ether oxygens (including phenoxy) is 3. The van der Waals surface area contributed by atoms with Crippen molar-refractivity contribution in [1.82, 2.24) is 0 Å². The molecular weight excluding hydrogens is 464 g/mol. The average molecular weight is 494 g/mol. The smallest absolute Gasteiger partial charge is 0.341 e. The van der Waals surface area contributed by atoms with Crippen LogP contribution in [0.1, 0.15) is 18.1 Å². The van der Waals surface area contributed by atoms with Crippen LogP contribution in [0.15, 0.2) is 48.5 Å². The number of aliphatic hydroxyl groups excluding tert-OH is 5. The Morgan fingerprint density at radius 3 is 2.17 bits per heavy atom. The molecule has 1 aliphatic heterocycles. The van der Waals surface area contributed by atoms with Crippen LogP contribution in [-0.4, -0.2) is 90.7 Å². The summed E-state index contributed by atoms with van der Waals surface area (Å²) in [6, 6.07) is 11.9. The van der Waals surface area contributed by atoms with Crippen molar-refractivity contribution in [3.05, 3.63) is 59.7 Å². The predicted molar refractivity (Wildman–Crippen MR) is 119 cm³/mol. The van der Waals surface area contributed by atoms with E-state index in [9.17, 15) is 40.5 Å². The number of carbonyl (C=O) groups is 1. The molecule has 11 heteroatoms. The molecule has 7 atom stereocenters. The minimum atomic E-state index is -2.21. The van der Waals surface area contributed by atoms with Gasteiger partial charge in [0.05, 0.1) is 12.7 Å². The molecule has 0 bridgehead atoms. The van der Waals surface area contributed by atoms with E-state index in [4.69, 9.17) is 14.2 Å². The summed E-state index contributed by atoms with van der Waals surface area (Å²) < 4.78 is 16.0. The van der Waals surface area contributed by atoms with E-state index >= 15 is 0 Å². The molecule has 7 N–H and O–H groups in total. The molecule has 0 radical (unpaired) electrons. The maximum absolute atomic E-state index is 12.6. The number of phenols is 1. The van der Waals surface area contributed by atoms with Crippen molar-refractivity contribution in [1.29, 1.82) is 0 Å². The van der Waals surface area contributed by atoms with Crippen molar-refractivity contribution < 1.29 is 54.8 Å². The van der Waals surface area contributed by atoms with Gasteiger partial charge < -0.3 is 50.0 Å². The van der Waals surface area contributed by atoms with Gasteiger partial charge in [0.25, 0.3) is 0 Å². The van der Waals surface area contributed by atoms with E-state index in [1.807, 2.05) is 0 Å². The summed E-state index contributed by atoms with van der Waals surface area (Å²) in [6.45, 7) is 0.470. The molecule has 0 aliphatic carbocycles. The molecule has 0 amide bonds. The highest BCUT2D eigenvalue weighted by atomic mass is 16.7. The Morgan fingerprint density at radius 2 is 1.60 bits per heavy atom. The number of aromatic hydroxyl groups is 1. The number of rotatable bonds is 9. The number of hydrogen-bond acceptors (Lipinski definition) is 11. The lowest BCUT2D eigenvalue weighted by atomic mass is 9.89. The third-order valence-corrected chi connectivity index (χ3v) is 5.85. The van der Waals surface area contributed by atoms with Crippen LogP contribution in [0, 0.1) is 0 Å². The maximum atomic E-state index is 12.6. The summed E-state index contributed by atoms with van der Waals surface area (Å²) >= 11 is 0. The largest absolute Gasteiger partial charge is 0.508 e. The van der Waals surface area contributed by atoms with Gasteiger partial charge in [-0.3, -0.25) is 0 Å². The van der Waals surface area contributed by atoms with Gasteiger partial charge in [-0.25, -0.2) is 4.79 Å². The zero-order valence-electron chi connectivity index (χ0n) is 19.0. The van der Waals surface area contributed by atoms with E-state index < -0.39 is 55.0 Å². The SMILES string of the molecule is C[C@H](O)[C@@](O)(Cc1ccc(O)cc1)C(=O)OCc1ccc(O[C@@H]2O[C@@H](CO)[C@@H](O)[C@@H](O)[C@H]2O)cc1. The fourth-order valence-corrected chi connectivity index (χ4v) is 3.55. The van der Waals surface area contributed by atoms with Crippen molar-refractivity contribution in [2.75, 3.05) is 6.61 Å². The number of phenolic OH excluding ortho intramolecular Hbond substituents is 1. The molecule has 11 nitrogen and oxygen atoms in total. The van der Waals surface area contributed by atoms with Crippen LogP contribution >= 0.6 is 0 Å². The molecule has 2 aromatic carbocycles. The van der Waals surface area contributed by atoms with Crippen molar-refractivity contribution in [2.45, 2.75) is 62.4 Å². The minimum absolute atomic E-state index is 0.0240. The number of hydrogen-bond donors (Lipinski definition) is 7. The summed E-state index contributed by atoms with van der Waals surface area (Å²) in [5.41, 5.74) is -1.17. The van der Waals surface area contributed by atoms with E-state index in [0.29, 0.717) is 11.1 Å². The monoisotopic (exact) mass is 494 g/mol. The number of aliphatic hydroxyl groups is 6. The summed E-state index contributed by atoms with van der Waals surface area (Å²) in [4.78, 5) is 12.6. The Morgan fingerprint density at radius 1 is 1.00 bits per heavy atom. The van der Waals surface area contributed by atoms with E-state index in [0.717, 1.165) is 0 Å². The van der Waals surface area contributed by atoms with E-state index in [2.05, 4.69) is 0 Å². The van der Waals surface area contributed by atoms with Crippen molar-refractivity contribution in [2.24, 2.45) is 0 Å². The summed E-state index contributed by atoms with van der Waals surface area (Å²) in [7, 11) is 0. The predicted octanol–water partition coefficient (Wildman–Crippen LogP) is -1.03. The van der Waals surface area contributed by atoms with Crippen LogP contribution in [-0.2, 0) is 27.3 Å². The first-order valence-electron chi connectivity index (χ1n) is 11.0. The van der Waals surface area contributed by atoms with Crippen LogP contribution < -0.4 is 4.74 Å². The second-order valence-corrected chi connectivity index (χ2v) is 8.48. The van der Waals surface area contributed by atoms with E-state index in [1.165, 1.54) is 43.3 Å². The maximum Gasteiger partial charge on any atom is 0.341 e. The van der Waals surface area contributed by atoms with Crippen molar-refractivity contribution in [3.8, 4) is 11.5 Å². The average Bonchev–Trinajstić information content (AvgIpc) is 2.84. The van der Waals surface area contributed by atoms with Crippen LogP contribution in [0.25, 0.3) is 0 Å². The molecule has 0 unspecified atom stereocenters. The van der Waals surface area contributed by atoms with Gasteiger partial charge in [0.15, 0.2) is 5.60 Å². The molecule has 1 aliphatic rings. The standard InChI is InChI=1S/C24H30O11/c1-13(26)24(32,10-14-2-6-16(27)7-3-14)23(31)33-12-15-4-8-17(9-5-15)34-22-21(30)20(29)19(28)18(11-25)35-22/h2-9,13,18-22,25-30,32H,10-12H2,1H3/t13-,18-,19+,20+,21+,22+,24-/m0/s1. The molecule has 2 aromatic rings. The summed E-state index contributed by atoms with van der Waals surface area (Å²) in [5, 5.41) is 69.2. The molecule has 1 heterocycles. The Kier molecular flexibility index (Phi) is 8.67. The first kappa shape index (κ1) is 26.8. The second kappa shape index (κ2) is 11.3. The molecule has 1 saturated heterocycles. The Balaban J connectivity index is 1.59. The Hall–Kier alpha value is -2.77. The van der Waals surface area contributed by atoms with Crippen LogP contribution in [0.4, 0.5) is 0 Å². The van der Waals surface area contributed by atoms with Gasteiger partial charge in [0.1, 0.15) is 42.5 Å². The molecular formula is C24H30O11. The molecule has 0 aromatic heterocycles. The van der Waals surface area contributed by atoms with Gasteiger partial charge in [-0.15, -0.1) is 0 Å². The van der Waals surface area contributed by atoms with Crippen LogP contribution in [0.5, 0.6) is 11.5 Å². The topological polar surface area (TPSA) is 186 Å². The highest BCUT2D eigenvalue weighted by molar-refractivity contribution is 5.80. The fraction of sp³-hybridized carbons (Fsp3) is 0.458. The van der Waals surface area contributed by atoms with Crippen molar-refractivity contribution >= 4 is 5.97 Å². The van der Waals surface area contributed by atoms with E-state index in [1.54, 1.807) is 12.1 Å². The second-order valence-electron chi connectivity index (χ2n) is 8.48.